The zero-order chi connectivity index (χ0) is 9.84. The van der Waals surface area contributed by atoms with E-state index in [0.717, 1.165) is 11.1 Å². The Hall–Kier alpha value is -1.02. The van der Waals surface area contributed by atoms with Crippen LogP contribution in [0.15, 0.2) is 18.2 Å². The first-order valence-electron chi connectivity index (χ1n) is 3.96. The van der Waals surface area contributed by atoms with Gasteiger partial charge in [0.25, 0.3) is 0 Å². The van der Waals surface area contributed by atoms with Crippen LogP contribution in [-0.4, -0.2) is 12.0 Å². The Balaban J connectivity index is 3.05. The first-order chi connectivity index (χ1) is 6.16. The molecule has 0 heterocycles. The van der Waals surface area contributed by atoms with E-state index in [1.165, 1.54) is 0 Å². The van der Waals surface area contributed by atoms with Gasteiger partial charge in [-0.3, -0.25) is 0 Å². The van der Waals surface area contributed by atoms with Gasteiger partial charge in [-0.15, -0.1) is 0 Å². The van der Waals surface area contributed by atoms with Gasteiger partial charge in [0.05, 0.1) is 5.56 Å². The number of esters is 1. The Labute approximate surface area is 82.5 Å². The average molecular weight is 199 g/mol. The fourth-order valence-corrected chi connectivity index (χ4v) is 1.36. The molecule has 0 aromatic heterocycles. The smallest absolute Gasteiger partial charge is 0.339 e. The van der Waals surface area contributed by atoms with E-state index < -0.39 is 0 Å². The lowest BCUT2D eigenvalue weighted by Gasteiger charge is -2.07. The van der Waals surface area contributed by atoms with Crippen molar-refractivity contribution in [2.45, 2.75) is 13.8 Å². The highest BCUT2D eigenvalue weighted by Gasteiger charge is 2.12. The van der Waals surface area contributed by atoms with E-state index in [0.29, 0.717) is 5.56 Å². The molecule has 1 aromatic carbocycles. The van der Waals surface area contributed by atoms with Crippen LogP contribution in [0.1, 0.15) is 21.5 Å². The Morgan fingerprint density at radius 1 is 1.38 bits per heavy atom. The van der Waals surface area contributed by atoms with Crippen LogP contribution in [0.5, 0.6) is 0 Å². The average Bonchev–Trinajstić information content (AvgIpc) is 2.04. The van der Waals surface area contributed by atoms with Gasteiger partial charge in [-0.1, -0.05) is 29.8 Å². The van der Waals surface area contributed by atoms with Crippen molar-refractivity contribution in [2.75, 3.05) is 6.07 Å². The number of benzene rings is 1. The number of alkyl halides is 1. The Bertz CT molecular complexity index is 300. The van der Waals surface area contributed by atoms with Crippen molar-refractivity contribution in [1.29, 1.82) is 0 Å². The Morgan fingerprint density at radius 3 is 2.38 bits per heavy atom. The van der Waals surface area contributed by atoms with Crippen molar-refractivity contribution in [2.24, 2.45) is 0 Å². The lowest BCUT2D eigenvalue weighted by Crippen LogP contribution is -2.07. The van der Waals surface area contributed by atoms with Gasteiger partial charge in [-0.2, -0.15) is 0 Å². The number of aryl methyl sites for hydroxylation is 2. The molecule has 2 nitrogen and oxygen atoms in total. The first-order valence-corrected chi connectivity index (χ1v) is 4.49. The zero-order valence-electron chi connectivity index (χ0n) is 7.63. The number of hydrogen-bond donors (Lipinski definition) is 0. The van der Waals surface area contributed by atoms with Crippen molar-refractivity contribution in [3.63, 3.8) is 0 Å². The van der Waals surface area contributed by atoms with Crippen LogP contribution in [0.3, 0.4) is 0 Å². The SMILES string of the molecule is Cc1cccc(C)c1C(=O)OCCl. The minimum atomic E-state index is -0.356. The highest BCUT2D eigenvalue weighted by Crippen LogP contribution is 2.14. The van der Waals surface area contributed by atoms with E-state index >= 15 is 0 Å². The van der Waals surface area contributed by atoms with Gasteiger partial charge >= 0.3 is 5.97 Å². The third kappa shape index (κ3) is 2.22. The predicted molar refractivity (Wildman–Crippen MR) is 52.1 cm³/mol. The van der Waals surface area contributed by atoms with Gasteiger partial charge in [0.15, 0.2) is 6.07 Å². The summed E-state index contributed by atoms with van der Waals surface area (Å²) in [7, 11) is 0. The molecule has 0 unspecified atom stereocenters. The molecule has 0 aliphatic heterocycles. The van der Waals surface area contributed by atoms with Crippen molar-refractivity contribution >= 4 is 17.6 Å². The van der Waals surface area contributed by atoms with Crippen molar-refractivity contribution in [3.8, 4) is 0 Å². The van der Waals surface area contributed by atoms with E-state index in [1.807, 2.05) is 32.0 Å². The maximum Gasteiger partial charge on any atom is 0.339 e. The molecule has 0 bridgehead atoms. The summed E-state index contributed by atoms with van der Waals surface area (Å²) in [4.78, 5) is 11.4. The molecule has 3 heteroatoms. The minimum absolute atomic E-state index is 0.105. The maximum absolute atomic E-state index is 11.4. The summed E-state index contributed by atoms with van der Waals surface area (Å²) in [6.07, 6.45) is 0. The quantitative estimate of drug-likeness (QED) is 0.540. The number of ether oxygens (including phenoxy) is 1. The summed E-state index contributed by atoms with van der Waals surface area (Å²) in [6.45, 7) is 3.75. The van der Waals surface area contributed by atoms with Crippen LogP contribution in [0.25, 0.3) is 0 Å². The third-order valence-electron chi connectivity index (χ3n) is 1.87. The molecule has 1 rings (SSSR count). The molecule has 0 saturated heterocycles. The lowest BCUT2D eigenvalue weighted by atomic mass is 10.0. The topological polar surface area (TPSA) is 26.3 Å². The molecule has 0 saturated carbocycles. The van der Waals surface area contributed by atoms with Crippen molar-refractivity contribution < 1.29 is 9.53 Å². The van der Waals surface area contributed by atoms with Crippen LogP contribution in [0.4, 0.5) is 0 Å². The molecular weight excluding hydrogens is 188 g/mol. The van der Waals surface area contributed by atoms with Gasteiger partial charge in [0.1, 0.15) is 0 Å². The summed E-state index contributed by atoms with van der Waals surface area (Å²) in [5.41, 5.74) is 2.44. The molecule has 70 valence electrons. The lowest BCUT2D eigenvalue weighted by molar-refractivity contribution is 0.0572. The molecule has 0 amide bonds. The van der Waals surface area contributed by atoms with Gasteiger partial charge in [0.2, 0.25) is 0 Å². The number of carbonyl (C=O) groups is 1. The Morgan fingerprint density at radius 2 is 1.92 bits per heavy atom. The van der Waals surface area contributed by atoms with Crippen LogP contribution in [0.2, 0.25) is 0 Å². The standard InChI is InChI=1S/C10H11ClO2/c1-7-4-3-5-8(2)9(7)10(12)13-6-11/h3-5H,6H2,1-2H3. The monoisotopic (exact) mass is 198 g/mol. The van der Waals surface area contributed by atoms with Crippen LogP contribution < -0.4 is 0 Å². The first kappa shape index (κ1) is 10.1. The van der Waals surface area contributed by atoms with E-state index in [9.17, 15) is 4.79 Å². The Kier molecular flexibility index (Phi) is 3.32. The van der Waals surface area contributed by atoms with Crippen LogP contribution >= 0.6 is 11.6 Å². The third-order valence-corrected chi connectivity index (χ3v) is 1.98. The fraction of sp³-hybridized carbons (Fsp3) is 0.300. The largest absolute Gasteiger partial charge is 0.446 e. The molecule has 0 atom stereocenters. The van der Waals surface area contributed by atoms with E-state index in [1.54, 1.807) is 0 Å². The molecular formula is C10H11ClO2. The second kappa shape index (κ2) is 4.28. The summed E-state index contributed by atoms with van der Waals surface area (Å²) in [5.74, 6) is -0.356. The number of rotatable bonds is 2. The second-order valence-corrected chi connectivity index (χ2v) is 3.03. The van der Waals surface area contributed by atoms with Gasteiger partial charge in [-0.05, 0) is 25.0 Å². The molecule has 0 N–H and O–H groups in total. The van der Waals surface area contributed by atoms with Crippen molar-refractivity contribution in [3.05, 3.63) is 34.9 Å². The zero-order valence-corrected chi connectivity index (χ0v) is 8.39. The minimum Gasteiger partial charge on any atom is -0.446 e. The molecule has 13 heavy (non-hydrogen) atoms. The van der Waals surface area contributed by atoms with Gasteiger partial charge in [-0.25, -0.2) is 4.79 Å². The maximum atomic E-state index is 11.4. The van der Waals surface area contributed by atoms with E-state index in [4.69, 9.17) is 16.3 Å². The van der Waals surface area contributed by atoms with Gasteiger partial charge in [0, 0.05) is 0 Å². The molecule has 0 fully saturated rings. The summed E-state index contributed by atoms with van der Waals surface area (Å²) in [5, 5.41) is 0. The number of hydrogen-bond acceptors (Lipinski definition) is 2. The normalized spacial score (nSPS) is 9.77. The molecule has 0 aliphatic carbocycles. The van der Waals surface area contributed by atoms with Gasteiger partial charge < -0.3 is 4.74 Å². The number of carbonyl (C=O) groups excluding carboxylic acids is 1. The van der Waals surface area contributed by atoms with Crippen LogP contribution in [0, 0.1) is 13.8 Å². The highest BCUT2D eigenvalue weighted by molar-refractivity contribution is 6.17. The highest BCUT2D eigenvalue weighted by atomic mass is 35.5. The second-order valence-electron chi connectivity index (χ2n) is 2.81. The fourth-order valence-electron chi connectivity index (χ4n) is 1.26. The number of halogens is 1. The molecule has 1 aromatic rings. The molecule has 0 spiro atoms. The van der Waals surface area contributed by atoms with E-state index in [2.05, 4.69) is 0 Å². The summed E-state index contributed by atoms with van der Waals surface area (Å²) >= 11 is 5.31. The van der Waals surface area contributed by atoms with Crippen molar-refractivity contribution in [1.82, 2.24) is 0 Å². The molecule has 0 aliphatic rings. The van der Waals surface area contributed by atoms with E-state index in [-0.39, 0.29) is 12.0 Å². The van der Waals surface area contributed by atoms with Crippen LogP contribution in [-0.2, 0) is 4.74 Å². The predicted octanol–water partition coefficient (Wildman–Crippen LogP) is 2.66. The molecule has 0 radical (unpaired) electrons. The summed E-state index contributed by atoms with van der Waals surface area (Å²) in [6, 6.07) is 5.55. The summed E-state index contributed by atoms with van der Waals surface area (Å²) < 4.78 is 4.72.